The average molecular weight is 88.0 g/mol. The van der Waals surface area contributed by atoms with Crippen molar-refractivity contribution >= 4 is 35.8 Å². The van der Waals surface area contributed by atoms with Gasteiger partial charge in [-0.3, -0.25) is 0 Å². The predicted molar refractivity (Wildman–Crippen MR) is 16.3 cm³/mol. The van der Waals surface area contributed by atoms with E-state index in [1.165, 1.54) is 0 Å². The summed E-state index contributed by atoms with van der Waals surface area (Å²) in [7, 11) is 0. The van der Waals surface area contributed by atoms with E-state index < -0.39 is 6.22 Å². The molecule has 0 radical (unpaired) electrons. The second kappa shape index (κ2) is 4.40. The van der Waals surface area contributed by atoms with Crippen molar-refractivity contribution in [3.63, 3.8) is 0 Å². The second-order valence-electron chi connectivity index (χ2n) is 0.253. The molecule has 0 aromatic heterocycles. The van der Waals surface area contributed by atoms with Crippen LogP contribution in [0.5, 0.6) is 0 Å². The Morgan fingerprint density at radius 1 is 1.80 bits per heavy atom. The number of carboxylic acid groups (broad SMARTS) is 1. The van der Waals surface area contributed by atoms with Gasteiger partial charge in [0.05, 0.1) is 0 Å². The molecule has 2 nitrogen and oxygen atoms in total. The molecule has 0 aromatic rings. The second-order valence-corrected chi connectivity index (χ2v) is 0.253. The summed E-state index contributed by atoms with van der Waals surface area (Å²) in [5.41, 5.74) is 0. The first-order chi connectivity index (χ1) is 1.73. The van der Waals surface area contributed by atoms with E-state index >= 15 is 0 Å². The molecule has 4 heteroatoms. The molecule has 0 bridgehead atoms. The zero-order valence-corrected chi connectivity index (χ0v) is 1.73. The quantitative estimate of drug-likeness (QED) is 0.334. The molecule has 1 N–H and O–H groups in total. The predicted octanol–water partition coefficient (Wildman–Crippen LogP) is -0.0146. The van der Waals surface area contributed by atoms with Crippen LogP contribution in [0.15, 0.2) is 0 Å². The Morgan fingerprint density at radius 3 is 1.80 bits per heavy atom. The first-order valence-electron chi connectivity index (χ1n) is 0.617. The van der Waals surface area contributed by atoms with Crippen LogP contribution >= 0.6 is 0 Å². The summed E-state index contributed by atoms with van der Waals surface area (Å²) in [4.78, 5) is 8.33. The summed E-state index contributed by atoms with van der Waals surface area (Å²) < 4.78 is 9.92. The molecule has 0 atom stereocenters. The zero-order chi connectivity index (χ0) is 3.58. The molecular formula is CH2FNaO2. The summed E-state index contributed by atoms with van der Waals surface area (Å²) in [5.74, 6) is 0. The topological polar surface area (TPSA) is 37.3 Å². The van der Waals surface area contributed by atoms with Gasteiger partial charge in [-0.05, 0) is 0 Å². The van der Waals surface area contributed by atoms with Crippen molar-refractivity contribution in [3.05, 3.63) is 0 Å². The maximum atomic E-state index is 9.92. The molecule has 0 aliphatic rings. The van der Waals surface area contributed by atoms with Gasteiger partial charge in [-0.2, -0.15) is 0 Å². The van der Waals surface area contributed by atoms with Gasteiger partial charge in [0.15, 0.2) is 0 Å². The van der Waals surface area contributed by atoms with Gasteiger partial charge in [-0.1, -0.05) is 0 Å². The number of rotatable bonds is 0. The van der Waals surface area contributed by atoms with E-state index in [2.05, 4.69) is 0 Å². The fraction of sp³-hybridized carbons (Fsp3) is 0. The van der Waals surface area contributed by atoms with Gasteiger partial charge in [0.25, 0.3) is 0 Å². The summed E-state index contributed by atoms with van der Waals surface area (Å²) in [6.07, 6.45) is -2.33. The summed E-state index contributed by atoms with van der Waals surface area (Å²) in [5, 5.41) is 6.75. The van der Waals surface area contributed by atoms with Gasteiger partial charge in [0.2, 0.25) is 0 Å². The molecule has 0 fully saturated rings. The van der Waals surface area contributed by atoms with Crippen molar-refractivity contribution in [2.75, 3.05) is 0 Å². The van der Waals surface area contributed by atoms with Gasteiger partial charge in [0.1, 0.15) is 0 Å². The Bertz CT molecular complexity index is 32.6. The van der Waals surface area contributed by atoms with E-state index in [1.54, 1.807) is 0 Å². The van der Waals surface area contributed by atoms with Crippen molar-refractivity contribution in [1.82, 2.24) is 0 Å². The van der Waals surface area contributed by atoms with Gasteiger partial charge in [-0.25, -0.2) is 4.79 Å². The van der Waals surface area contributed by atoms with Crippen LogP contribution in [0.1, 0.15) is 0 Å². The van der Waals surface area contributed by atoms with E-state index in [1.807, 2.05) is 0 Å². The van der Waals surface area contributed by atoms with Crippen LogP contribution in [0.2, 0.25) is 0 Å². The number of halogens is 1. The average Bonchev–Trinajstić information content (AvgIpc) is 0.811. The van der Waals surface area contributed by atoms with Crippen molar-refractivity contribution in [1.29, 1.82) is 0 Å². The monoisotopic (exact) mass is 88.0 g/mol. The first-order valence-corrected chi connectivity index (χ1v) is 0.617. The van der Waals surface area contributed by atoms with Gasteiger partial charge in [0, 0.05) is 0 Å². The first kappa shape index (κ1) is 9.04. The summed E-state index contributed by atoms with van der Waals surface area (Å²) >= 11 is 0. The molecule has 0 saturated heterocycles. The van der Waals surface area contributed by atoms with E-state index in [9.17, 15) is 4.39 Å². The van der Waals surface area contributed by atoms with E-state index in [-0.39, 0.29) is 29.6 Å². The maximum absolute atomic E-state index is 9.92. The van der Waals surface area contributed by atoms with Gasteiger partial charge in [-0.15, -0.1) is 4.39 Å². The third-order valence-electron chi connectivity index (χ3n) is 0. The molecule has 0 heterocycles. The fourth-order valence-electron chi connectivity index (χ4n) is 0. The zero-order valence-electron chi connectivity index (χ0n) is 1.73. The molecule has 0 aromatic carbocycles. The van der Waals surface area contributed by atoms with E-state index in [4.69, 9.17) is 9.90 Å². The van der Waals surface area contributed by atoms with Crippen LogP contribution in [0, 0.1) is 0 Å². The normalized spacial score (nSPS) is 5.00. The van der Waals surface area contributed by atoms with Crippen LogP contribution in [-0.4, -0.2) is 40.9 Å². The molecule has 0 saturated carbocycles. The Labute approximate surface area is 50.3 Å². The van der Waals surface area contributed by atoms with Crippen molar-refractivity contribution < 1.29 is 14.3 Å². The molecule has 0 unspecified atom stereocenters. The number of hydrogen-bond donors (Lipinski definition) is 1. The molecule has 0 spiro atoms. The van der Waals surface area contributed by atoms with Crippen LogP contribution in [0.3, 0.4) is 0 Å². The SMILES string of the molecule is O=C(O)F.[NaH]. The van der Waals surface area contributed by atoms with Crippen molar-refractivity contribution in [3.8, 4) is 0 Å². The summed E-state index contributed by atoms with van der Waals surface area (Å²) in [6.45, 7) is 0. The number of hydrogen-bond acceptors (Lipinski definition) is 1. The molecule has 0 rings (SSSR count). The Morgan fingerprint density at radius 2 is 1.80 bits per heavy atom. The van der Waals surface area contributed by atoms with Crippen LogP contribution in [0.4, 0.5) is 9.18 Å². The summed E-state index contributed by atoms with van der Waals surface area (Å²) in [6, 6.07) is 0. The molecule has 0 amide bonds. The Hall–Kier alpha value is 0.400. The fourth-order valence-corrected chi connectivity index (χ4v) is 0. The van der Waals surface area contributed by atoms with Crippen LogP contribution < -0.4 is 0 Å². The molecule has 26 valence electrons. The minimum atomic E-state index is -2.33. The molecular weight excluding hydrogens is 86.0 g/mol. The molecule has 5 heavy (non-hydrogen) atoms. The molecule has 0 aliphatic heterocycles. The molecule has 0 aliphatic carbocycles. The standard InChI is InChI=1S/CHFO2.Na.H/c2-1(3)4;;/h(H,3,4);;. The Balaban J connectivity index is 0. The van der Waals surface area contributed by atoms with E-state index in [0.717, 1.165) is 0 Å². The van der Waals surface area contributed by atoms with Crippen LogP contribution in [-0.2, 0) is 0 Å². The van der Waals surface area contributed by atoms with Gasteiger partial charge >= 0.3 is 35.8 Å². The van der Waals surface area contributed by atoms with Crippen LogP contribution in [0.25, 0.3) is 0 Å². The van der Waals surface area contributed by atoms with Crippen molar-refractivity contribution in [2.45, 2.75) is 0 Å². The van der Waals surface area contributed by atoms with Crippen molar-refractivity contribution in [2.24, 2.45) is 0 Å². The third kappa shape index (κ3) is 158. The Kier molecular flexibility index (Phi) is 7.96. The minimum absolute atomic E-state index is 0. The van der Waals surface area contributed by atoms with Gasteiger partial charge < -0.3 is 5.11 Å². The number of carbonyl (C=O) groups is 1. The van der Waals surface area contributed by atoms with E-state index in [0.29, 0.717) is 0 Å². The third-order valence-corrected chi connectivity index (χ3v) is 0.